The lowest BCUT2D eigenvalue weighted by Gasteiger charge is -2.41. The summed E-state index contributed by atoms with van der Waals surface area (Å²) in [6.07, 6.45) is 4.55. The third-order valence-corrected chi connectivity index (χ3v) is 6.98. The smallest absolute Gasteiger partial charge is 0.260 e. The number of methoxy groups -OCH3 is 1. The van der Waals surface area contributed by atoms with E-state index in [2.05, 4.69) is 21.9 Å². The minimum Gasteiger partial charge on any atom is -0.384 e. The van der Waals surface area contributed by atoms with Crippen LogP contribution in [-0.2, 0) is 14.8 Å². The highest BCUT2D eigenvalue weighted by atomic mass is 32.2. The van der Waals surface area contributed by atoms with Gasteiger partial charge in [0.25, 0.3) is 10.0 Å². The Labute approximate surface area is 131 Å². The summed E-state index contributed by atoms with van der Waals surface area (Å²) >= 11 is 0. The van der Waals surface area contributed by atoms with Gasteiger partial charge in [0.15, 0.2) is 5.03 Å². The van der Waals surface area contributed by atoms with Gasteiger partial charge in [0.1, 0.15) is 0 Å². The van der Waals surface area contributed by atoms with Crippen LogP contribution in [-0.4, -0.2) is 74.5 Å². The number of hydrogen-bond donors (Lipinski definition) is 1. The Hall–Kier alpha value is -0.960. The number of nitrogens with one attached hydrogen (secondary N) is 1. The summed E-state index contributed by atoms with van der Waals surface area (Å²) in [5.41, 5.74) is 0.185. The highest BCUT2D eigenvalue weighted by molar-refractivity contribution is 7.89. The lowest BCUT2D eigenvalue weighted by Crippen LogP contribution is -2.47. The number of ether oxygens (including phenoxy) is 1. The van der Waals surface area contributed by atoms with Crippen molar-refractivity contribution < 1.29 is 13.2 Å². The van der Waals surface area contributed by atoms with E-state index in [1.165, 1.54) is 12.5 Å². The maximum Gasteiger partial charge on any atom is 0.260 e. The Bertz CT molecular complexity index is 594. The minimum absolute atomic E-state index is 0.181. The summed E-state index contributed by atoms with van der Waals surface area (Å²) in [5, 5.41) is 0.181. The summed E-state index contributed by atoms with van der Waals surface area (Å²) in [6, 6.07) is 0. The molecule has 0 saturated carbocycles. The van der Waals surface area contributed by atoms with Gasteiger partial charge in [-0.25, -0.2) is 13.4 Å². The molecule has 2 fully saturated rings. The molecular formula is C14H24N4O3S. The van der Waals surface area contributed by atoms with E-state index in [-0.39, 0.29) is 10.4 Å². The van der Waals surface area contributed by atoms with Crippen LogP contribution in [0.25, 0.3) is 0 Å². The molecule has 7 nitrogen and oxygen atoms in total. The van der Waals surface area contributed by atoms with Crippen LogP contribution < -0.4 is 0 Å². The molecule has 1 spiro atoms. The summed E-state index contributed by atoms with van der Waals surface area (Å²) < 4.78 is 32.0. The maximum atomic E-state index is 12.5. The number of rotatable bonds is 4. The Kier molecular flexibility index (Phi) is 4.28. The van der Waals surface area contributed by atoms with Crippen LogP contribution in [0.3, 0.4) is 0 Å². The number of imidazole rings is 1. The molecule has 0 aromatic carbocycles. The van der Waals surface area contributed by atoms with E-state index in [4.69, 9.17) is 4.74 Å². The molecule has 3 heterocycles. The molecule has 0 aliphatic carbocycles. The van der Waals surface area contributed by atoms with Crippen molar-refractivity contribution in [1.29, 1.82) is 0 Å². The van der Waals surface area contributed by atoms with Crippen LogP contribution in [0.5, 0.6) is 0 Å². The van der Waals surface area contributed by atoms with Crippen LogP contribution in [0.1, 0.15) is 12.8 Å². The van der Waals surface area contributed by atoms with E-state index < -0.39 is 10.0 Å². The average molecular weight is 328 g/mol. The first-order valence-electron chi connectivity index (χ1n) is 7.64. The molecule has 2 aliphatic rings. The topological polar surface area (TPSA) is 78.5 Å². The van der Waals surface area contributed by atoms with Crippen molar-refractivity contribution in [1.82, 2.24) is 19.2 Å². The normalized spacial score (nSPS) is 26.7. The van der Waals surface area contributed by atoms with Gasteiger partial charge in [-0.3, -0.25) is 0 Å². The summed E-state index contributed by atoms with van der Waals surface area (Å²) in [4.78, 5) is 8.85. The van der Waals surface area contributed by atoms with E-state index in [1.807, 2.05) is 0 Å². The first-order chi connectivity index (χ1) is 10.5. The van der Waals surface area contributed by atoms with Crippen LogP contribution in [0, 0.1) is 11.3 Å². The van der Waals surface area contributed by atoms with Crippen molar-refractivity contribution >= 4 is 10.0 Å². The Morgan fingerprint density at radius 2 is 2.18 bits per heavy atom. The summed E-state index contributed by atoms with van der Waals surface area (Å²) in [7, 11) is 0.432. The zero-order valence-electron chi connectivity index (χ0n) is 13.2. The van der Waals surface area contributed by atoms with E-state index in [1.54, 1.807) is 11.4 Å². The van der Waals surface area contributed by atoms with Crippen LogP contribution in [0.4, 0.5) is 0 Å². The molecule has 2 aliphatic heterocycles. The van der Waals surface area contributed by atoms with E-state index in [9.17, 15) is 8.42 Å². The first kappa shape index (κ1) is 15.9. The van der Waals surface area contributed by atoms with Crippen molar-refractivity contribution in [3.05, 3.63) is 12.5 Å². The Balaban J connectivity index is 1.72. The maximum absolute atomic E-state index is 12.5. The fourth-order valence-corrected chi connectivity index (χ4v) is 5.33. The Morgan fingerprint density at radius 1 is 1.45 bits per heavy atom. The molecule has 1 aromatic rings. The first-order valence-corrected chi connectivity index (χ1v) is 9.08. The number of piperidine rings is 1. The van der Waals surface area contributed by atoms with E-state index in [0.717, 1.165) is 32.5 Å². The van der Waals surface area contributed by atoms with Crippen molar-refractivity contribution in [2.75, 3.05) is 46.9 Å². The molecule has 124 valence electrons. The van der Waals surface area contributed by atoms with Gasteiger partial charge in [0.05, 0.1) is 19.1 Å². The lowest BCUT2D eigenvalue weighted by atomic mass is 9.71. The predicted molar refractivity (Wildman–Crippen MR) is 81.9 cm³/mol. The van der Waals surface area contributed by atoms with Gasteiger partial charge in [-0.1, -0.05) is 0 Å². The number of aromatic nitrogens is 2. The fraction of sp³-hybridized carbons (Fsp3) is 0.786. The van der Waals surface area contributed by atoms with Gasteiger partial charge in [-0.15, -0.1) is 0 Å². The second-order valence-electron chi connectivity index (χ2n) is 6.53. The number of aromatic amines is 1. The van der Waals surface area contributed by atoms with Crippen molar-refractivity contribution in [3.8, 4) is 0 Å². The predicted octanol–water partition coefficient (Wildman–Crippen LogP) is 0.389. The van der Waals surface area contributed by atoms with Crippen molar-refractivity contribution in [3.63, 3.8) is 0 Å². The molecule has 1 unspecified atom stereocenters. The number of sulfonamides is 1. The molecule has 0 amide bonds. The third kappa shape index (κ3) is 2.68. The van der Waals surface area contributed by atoms with Gasteiger partial charge in [0, 0.05) is 39.2 Å². The number of nitrogens with zero attached hydrogens (tertiary/aromatic N) is 3. The monoisotopic (exact) mass is 328 g/mol. The minimum atomic E-state index is -3.44. The zero-order chi connectivity index (χ0) is 15.8. The van der Waals surface area contributed by atoms with E-state index >= 15 is 0 Å². The van der Waals surface area contributed by atoms with Crippen LogP contribution in [0.15, 0.2) is 17.6 Å². The molecule has 0 bridgehead atoms. The summed E-state index contributed by atoms with van der Waals surface area (Å²) in [5.74, 6) is 0.486. The van der Waals surface area contributed by atoms with Gasteiger partial charge >= 0.3 is 0 Å². The molecule has 8 heteroatoms. The Morgan fingerprint density at radius 3 is 2.77 bits per heavy atom. The number of likely N-dealkylation sites (tertiary alicyclic amines) is 1. The van der Waals surface area contributed by atoms with Gasteiger partial charge < -0.3 is 14.6 Å². The standard InChI is InChI=1S/C14H24N4O3S/c1-17-8-12(9-21-2)14(10-17)3-5-18(6-4-14)22(19,20)13-7-15-11-16-13/h7,11-12H,3-6,8-10H2,1-2H3,(H,15,16). The molecule has 0 radical (unpaired) electrons. The zero-order valence-corrected chi connectivity index (χ0v) is 14.0. The molecule has 3 rings (SSSR count). The quantitative estimate of drug-likeness (QED) is 0.865. The van der Waals surface area contributed by atoms with Crippen LogP contribution in [0.2, 0.25) is 0 Å². The highest BCUT2D eigenvalue weighted by Gasteiger charge is 2.48. The third-order valence-electron chi connectivity index (χ3n) is 5.16. The van der Waals surface area contributed by atoms with Crippen molar-refractivity contribution in [2.24, 2.45) is 11.3 Å². The average Bonchev–Trinajstić information content (AvgIpc) is 3.10. The second kappa shape index (κ2) is 5.92. The molecule has 22 heavy (non-hydrogen) atoms. The fourth-order valence-electron chi connectivity index (χ4n) is 3.99. The SMILES string of the molecule is COCC1CN(C)CC12CCN(S(=O)(=O)c1cnc[nH]1)CC2. The lowest BCUT2D eigenvalue weighted by molar-refractivity contribution is 0.0569. The van der Waals surface area contributed by atoms with Gasteiger partial charge in [0.2, 0.25) is 0 Å². The van der Waals surface area contributed by atoms with Crippen molar-refractivity contribution in [2.45, 2.75) is 17.9 Å². The highest BCUT2D eigenvalue weighted by Crippen LogP contribution is 2.45. The largest absolute Gasteiger partial charge is 0.384 e. The number of H-pyrrole nitrogens is 1. The summed E-state index contributed by atoms with van der Waals surface area (Å²) in [6.45, 7) is 3.93. The van der Waals surface area contributed by atoms with Gasteiger partial charge in [-0.05, 0) is 25.3 Å². The molecule has 1 N–H and O–H groups in total. The molecule has 2 saturated heterocycles. The molecular weight excluding hydrogens is 304 g/mol. The van der Waals surface area contributed by atoms with E-state index in [0.29, 0.717) is 19.0 Å². The molecule has 1 aromatic heterocycles. The second-order valence-corrected chi connectivity index (χ2v) is 8.44. The molecule has 1 atom stereocenters. The van der Waals surface area contributed by atoms with Crippen LogP contribution >= 0.6 is 0 Å². The van der Waals surface area contributed by atoms with Gasteiger partial charge in [-0.2, -0.15) is 4.31 Å². The number of hydrogen-bond acceptors (Lipinski definition) is 5.